The van der Waals surface area contributed by atoms with Gasteiger partial charge >= 0.3 is 0 Å². The highest BCUT2D eigenvalue weighted by Crippen LogP contribution is 2.48. The predicted octanol–water partition coefficient (Wildman–Crippen LogP) is 4.79. The van der Waals surface area contributed by atoms with E-state index >= 15 is 0 Å². The summed E-state index contributed by atoms with van der Waals surface area (Å²) < 4.78 is 13.1. The van der Waals surface area contributed by atoms with Crippen LogP contribution in [-0.4, -0.2) is 31.8 Å². The normalized spacial score (nSPS) is 14.5. The summed E-state index contributed by atoms with van der Waals surface area (Å²) in [5.41, 5.74) is 4.37. The van der Waals surface area contributed by atoms with Gasteiger partial charge in [-0.05, 0) is 23.8 Å². The van der Waals surface area contributed by atoms with Crippen LogP contribution in [0.1, 0.15) is 22.6 Å². The standard InChI is InChI=1S/C25H18N4O3/c1-31-18-10-7-15(8-11-18)21-19-12-9-17(30)13-20(19)32-25-22(21)24-27-23(28-29(24)14-26-25)16-5-3-2-4-6-16/h2-14,21,30H,1H3/t21-/m0/s1. The highest BCUT2D eigenvalue weighted by atomic mass is 16.5. The Morgan fingerprint density at radius 2 is 1.81 bits per heavy atom. The molecule has 3 aromatic carbocycles. The van der Waals surface area contributed by atoms with Crippen molar-refractivity contribution in [1.29, 1.82) is 0 Å². The number of nitrogens with zero attached hydrogens (tertiary/aromatic N) is 4. The Labute approximate surface area is 183 Å². The zero-order valence-electron chi connectivity index (χ0n) is 17.1. The van der Waals surface area contributed by atoms with Gasteiger partial charge in [-0.3, -0.25) is 0 Å². The first-order valence-electron chi connectivity index (χ1n) is 10.2. The van der Waals surface area contributed by atoms with Crippen LogP contribution in [-0.2, 0) is 0 Å². The molecule has 1 N–H and O–H groups in total. The number of phenols is 1. The number of aromatic nitrogens is 4. The van der Waals surface area contributed by atoms with Crippen LogP contribution in [0.2, 0.25) is 0 Å². The molecule has 0 amide bonds. The van der Waals surface area contributed by atoms with E-state index in [0.717, 1.165) is 28.0 Å². The van der Waals surface area contributed by atoms with Crippen LogP contribution in [0.3, 0.4) is 0 Å². The lowest BCUT2D eigenvalue weighted by molar-refractivity contribution is 0.414. The van der Waals surface area contributed by atoms with Gasteiger partial charge in [0.05, 0.1) is 12.7 Å². The molecule has 0 unspecified atom stereocenters. The van der Waals surface area contributed by atoms with Gasteiger partial charge in [0.15, 0.2) is 11.5 Å². The quantitative estimate of drug-likeness (QED) is 0.442. The molecule has 2 aromatic heterocycles. The topological polar surface area (TPSA) is 81.8 Å². The van der Waals surface area contributed by atoms with E-state index in [1.807, 2.05) is 60.7 Å². The second-order valence-corrected chi connectivity index (χ2v) is 7.56. The lowest BCUT2D eigenvalue weighted by Gasteiger charge is -2.28. The minimum Gasteiger partial charge on any atom is -0.508 e. The molecule has 7 nitrogen and oxygen atoms in total. The van der Waals surface area contributed by atoms with Crippen molar-refractivity contribution in [2.45, 2.75) is 5.92 Å². The number of ether oxygens (including phenoxy) is 2. The molecule has 5 aromatic rings. The molecule has 6 rings (SSSR count). The van der Waals surface area contributed by atoms with Crippen LogP contribution in [0.15, 0.2) is 79.1 Å². The lowest BCUT2D eigenvalue weighted by atomic mass is 9.84. The van der Waals surface area contributed by atoms with E-state index < -0.39 is 0 Å². The third-order valence-corrected chi connectivity index (χ3v) is 5.67. The summed E-state index contributed by atoms with van der Waals surface area (Å²) in [6, 6.07) is 22.9. The van der Waals surface area contributed by atoms with Crippen LogP contribution in [0.4, 0.5) is 0 Å². The molecule has 32 heavy (non-hydrogen) atoms. The van der Waals surface area contributed by atoms with Crippen LogP contribution < -0.4 is 9.47 Å². The average molecular weight is 422 g/mol. The minimum atomic E-state index is -0.204. The van der Waals surface area contributed by atoms with Crippen LogP contribution in [0, 0.1) is 0 Å². The fourth-order valence-electron chi connectivity index (χ4n) is 4.16. The Morgan fingerprint density at radius 1 is 1.00 bits per heavy atom. The van der Waals surface area contributed by atoms with Gasteiger partial charge in [-0.15, -0.1) is 5.10 Å². The molecular formula is C25H18N4O3. The number of methoxy groups -OCH3 is 1. The first kappa shape index (κ1) is 18.4. The first-order chi connectivity index (χ1) is 15.7. The van der Waals surface area contributed by atoms with Crippen LogP contribution in [0.25, 0.3) is 17.0 Å². The zero-order chi connectivity index (χ0) is 21.7. The Bertz CT molecular complexity index is 1450. The van der Waals surface area contributed by atoms with Crippen molar-refractivity contribution in [2.75, 3.05) is 7.11 Å². The lowest BCUT2D eigenvalue weighted by Crippen LogP contribution is -2.15. The zero-order valence-corrected chi connectivity index (χ0v) is 17.1. The number of hydrogen-bond donors (Lipinski definition) is 1. The molecule has 1 atom stereocenters. The van der Waals surface area contributed by atoms with Crippen molar-refractivity contribution in [3.05, 3.63) is 95.8 Å². The Kier molecular flexibility index (Phi) is 4.07. The summed E-state index contributed by atoms with van der Waals surface area (Å²) in [7, 11) is 1.64. The fraction of sp³-hybridized carbons (Fsp3) is 0.0800. The second kappa shape index (κ2) is 7.09. The second-order valence-electron chi connectivity index (χ2n) is 7.56. The first-order valence-corrected chi connectivity index (χ1v) is 10.2. The van der Waals surface area contributed by atoms with Gasteiger partial charge in [0.1, 0.15) is 23.6 Å². The number of aromatic hydroxyl groups is 1. The van der Waals surface area contributed by atoms with Crippen molar-refractivity contribution in [2.24, 2.45) is 0 Å². The van der Waals surface area contributed by atoms with Gasteiger partial charge in [-0.2, -0.15) is 0 Å². The third-order valence-electron chi connectivity index (χ3n) is 5.67. The van der Waals surface area contributed by atoms with Crippen LogP contribution >= 0.6 is 0 Å². The molecule has 0 radical (unpaired) electrons. The van der Waals surface area contributed by atoms with Crippen molar-refractivity contribution in [3.63, 3.8) is 0 Å². The maximum atomic E-state index is 10.0. The molecule has 3 heterocycles. The van der Waals surface area contributed by atoms with Crippen molar-refractivity contribution >= 4 is 5.65 Å². The SMILES string of the molecule is COc1ccc([C@H]2c3ccc(O)cc3Oc3ncn4nc(-c5ccccc5)nc4c32)cc1. The van der Waals surface area contributed by atoms with E-state index in [2.05, 4.69) is 10.1 Å². The van der Waals surface area contributed by atoms with Crippen molar-refractivity contribution < 1.29 is 14.6 Å². The van der Waals surface area contributed by atoms with Crippen LogP contribution in [0.5, 0.6) is 23.1 Å². The monoisotopic (exact) mass is 422 g/mol. The summed E-state index contributed by atoms with van der Waals surface area (Å²) in [5, 5.41) is 14.7. The number of rotatable bonds is 3. The van der Waals surface area contributed by atoms with E-state index in [9.17, 15) is 5.11 Å². The van der Waals surface area contributed by atoms with Gasteiger partial charge in [0.25, 0.3) is 0 Å². The van der Waals surface area contributed by atoms with Gasteiger partial charge in [0.2, 0.25) is 5.88 Å². The van der Waals surface area contributed by atoms with Crippen molar-refractivity contribution in [3.8, 4) is 34.5 Å². The fourth-order valence-corrected chi connectivity index (χ4v) is 4.16. The molecule has 156 valence electrons. The number of benzene rings is 3. The molecule has 1 aliphatic rings. The summed E-state index contributed by atoms with van der Waals surface area (Å²) in [6.07, 6.45) is 1.60. The highest BCUT2D eigenvalue weighted by molar-refractivity contribution is 5.68. The summed E-state index contributed by atoms with van der Waals surface area (Å²) >= 11 is 0. The third kappa shape index (κ3) is 2.86. The number of phenolic OH excluding ortho intramolecular Hbond substituents is 1. The van der Waals surface area contributed by atoms with E-state index in [1.54, 1.807) is 30.1 Å². The Morgan fingerprint density at radius 3 is 2.59 bits per heavy atom. The molecule has 1 aliphatic heterocycles. The molecule has 0 spiro atoms. The smallest absolute Gasteiger partial charge is 0.228 e. The Hall–Kier alpha value is -4.39. The van der Waals surface area contributed by atoms with Gasteiger partial charge in [-0.25, -0.2) is 14.5 Å². The van der Waals surface area contributed by atoms with Crippen molar-refractivity contribution in [1.82, 2.24) is 19.6 Å². The number of hydrogen-bond acceptors (Lipinski definition) is 6. The summed E-state index contributed by atoms with van der Waals surface area (Å²) in [5.74, 6) is 2.34. The molecular weight excluding hydrogens is 404 g/mol. The maximum Gasteiger partial charge on any atom is 0.228 e. The largest absolute Gasteiger partial charge is 0.508 e. The molecule has 7 heteroatoms. The molecule has 0 aliphatic carbocycles. The van der Waals surface area contributed by atoms with E-state index in [-0.39, 0.29) is 11.7 Å². The maximum absolute atomic E-state index is 10.0. The van der Waals surface area contributed by atoms with E-state index in [1.165, 1.54) is 0 Å². The average Bonchev–Trinajstić information content (AvgIpc) is 3.28. The van der Waals surface area contributed by atoms with Gasteiger partial charge < -0.3 is 14.6 Å². The highest BCUT2D eigenvalue weighted by Gasteiger charge is 2.33. The van der Waals surface area contributed by atoms with E-state index in [0.29, 0.717) is 23.1 Å². The number of fused-ring (bicyclic) bond motifs is 4. The molecule has 0 bridgehead atoms. The van der Waals surface area contributed by atoms with Gasteiger partial charge in [0, 0.05) is 23.1 Å². The van der Waals surface area contributed by atoms with E-state index in [4.69, 9.17) is 14.5 Å². The molecule has 0 saturated carbocycles. The Balaban J connectivity index is 1.60. The molecule has 0 fully saturated rings. The predicted molar refractivity (Wildman–Crippen MR) is 118 cm³/mol. The molecule has 0 saturated heterocycles. The van der Waals surface area contributed by atoms with Gasteiger partial charge in [-0.1, -0.05) is 48.5 Å². The minimum absolute atomic E-state index is 0.135. The summed E-state index contributed by atoms with van der Waals surface area (Å²) in [4.78, 5) is 9.38. The summed E-state index contributed by atoms with van der Waals surface area (Å²) in [6.45, 7) is 0.